The van der Waals surface area contributed by atoms with Gasteiger partial charge in [-0.25, -0.2) is 0 Å². The van der Waals surface area contributed by atoms with E-state index in [4.69, 9.17) is 10.5 Å². The Kier molecular flexibility index (Phi) is 2.33. The Hall–Kier alpha value is -1.22. The molecule has 0 aliphatic carbocycles. The van der Waals surface area contributed by atoms with E-state index in [0.29, 0.717) is 0 Å². The fraction of sp³-hybridized carbons (Fsp3) is 0.0909. The molecule has 0 bridgehead atoms. The van der Waals surface area contributed by atoms with Crippen LogP contribution >= 0.6 is 15.9 Å². The van der Waals surface area contributed by atoms with Crippen LogP contribution in [0.5, 0.6) is 5.75 Å². The Morgan fingerprint density at radius 3 is 2.64 bits per heavy atom. The van der Waals surface area contributed by atoms with Crippen molar-refractivity contribution in [3.8, 4) is 5.75 Å². The van der Waals surface area contributed by atoms with Gasteiger partial charge in [-0.05, 0) is 29.7 Å². The van der Waals surface area contributed by atoms with E-state index in [1.54, 1.807) is 7.11 Å². The van der Waals surface area contributed by atoms with Crippen molar-refractivity contribution < 1.29 is 4.74 Å². The molecule has 0 saturated carbocycles. The average Bonchev–Trinajstić information content (AvgIpc) is 2.18. The van der Waals surface area contributed by atoms with Gasteiger partial charge in [0, 0.05) is 15.5 Å². The van der Waals surface area contributed by atoms with Gasteiger partial charge in [0.25, 0.3) is 0 Å². The zero-order valence-electron chi connectivity index (χ0n) is 7.75. The van der Waals surface area contributed by atoms with Crippen molar-refractivity contribution in [2.75, 3.05) is 12.8 Å². The van der Waals surface area contributed by atoms with Gasteiger partial charge in [0.2, 0.25) is 0 Å². The van der Waals surface area contributed by atoms with Crippen LogP contribution in [0.4, 0.5) is 5.69 Å². The maximum atomic E-state index is 5.73. The molecule has 2 aromatic rings. The number of anilines is 1. The van der Waals surface area contributed by atoms with E-state index in [1.165, 1.54) is 0 Å². The largest absolute Gasteiger partial charge is 0.496 e. The second-order valence-corrected chi connectivity index (χ2v) is 3.91. The molecular formula is C11H10BrNO. The number of methoxy groups -OCH3 is 1. The van der Waals surface area contributed by atoms with Crippen LogP contribution in [0.15, 0.2) is 34.8 Å². The van der Waals surface area contributed by atoms with Gasteiger partial charge in [0.1, 0.15) is 5.75 Å². The first-order valence-electron chi connectivity index (χ1n) is 4.24. The lowest BCUT2D eigenvalue weighted by Crippen LogP contribution is -1.88. The lowest BCUT2D eigenvalue weighted by atomic mass is 10.1. The summed E-state index contributed by atoms with van der Waals surface area (Å²) >= 11 is 3.49. The quantitative estimate of drug-likeness (QED) is 0.791. The van der Waals surface area contributed by atoms with E-state index < -0.39 is 0 Å². The van der Waals surface area contributed by atoms with Crippen LogP contribution < -0.4 is 10.5 Å². The van der Waals surface area contributed by atoms with Gasteiger partial charge in [-0.15, -0.1) is 0 Å². The topological polar surface area (TPSA) is 35.2 Å². The minimum Gasteiger partial charge on any atom is -0.496 e. The van der Waals surface area contributed by atoms with Gasteiger partial charge >= 0.3 is 0 Å². The highest BCUT2D eigenvalue weighted by Crippen LogP contribution is 2.32. The Labute approximate surface area is 90.8 Å². The minimum atomic E-state index is 0.744. The number of nitrogen functional groups attached to an aromatic ring is 1. The summed E-state index contributed by atoms with van der Waals surface area (Å²) in [5.74, 6) is 0.843. The zero-order chi connectivity index (χ0) is 10.1. The monoisotopic (exact) mass is 251 g/mol. The molecule has 14 heavy (non-hydrogen) atoms. The molecule has 0 saturated heterocycles. The normalized spacial score (nSPS) is 10.4. The third-order valence-electron chi connectivity index (χ3n) is 2.17. The predicted molar refractivity (Wildman–Crippen MR) is 62.6 cm³/mol. The minimum absolute atomic E-state index is 0.744. The van der Waals surface area contributed by atoms with E-state index in [0.717, 1.165) is 26.7 Å². The third-order valence-corrected chi connectivity index (χ3v) is 2.86. The Morgan fingerprint density at radius 1 is 1.14 bits per heavy atom. The molecular weight excluding hydrogens is 242 g/mol. The molecule has 0 unspecified atom stereocenters. The molecule has 0 amide bonds. The molecule has 0 radical (unpaired) electrons. The first-order valence-corrected chi connectivity index (χ1v) is 5.03. The summed E-state index contributed by atoms with van der Waals surface area (Å²) in [5.41, 5.74) is 6.47. The number of benzene rings is 2. The summed E-state index contributed by atoms with van der Waals surface area (Å²) in [7, 11) is 1.66. The molecule has 2 aromatic carbocycles. The number of rotatable bonds is 1. The molecule has 3 heteroatoms. The first kappa shape index (κ1) is 9.34. The van der Waals surface area contributed by atoms with Gasteiger partial charge in [-0.2, -0.15) is 0 Å². The molecule has 0 spiro atoms. The van der Waals surface area contributed by atoms with Crippen molar-refractivity contribution in [1.29, 1.82) is 0 Å². The number of hydrogen-bond acceptors (Lipinski definition) is 2. The van der Waals surface area contributed by atoms with Crippen LogP contribution in [0.3, 0.4) is 0 Å². The number of fused-ring (bicyclic) bond motifs is 1. The second-order valence-electron chi connectivity index (χ2n) is 3.05. The summed E-state index contributed by atoms with van der Waals surface area (Å²) in [5, 5.41) is 2.14. The average molecular weight is 252 g/mol. The molecule has 2 N–H and O–H groups in total. The fourth-order valence-corrected chi connectivity index (χ4v) is 1.96. The molecule has 0 aliphatic rings. The third kappa shape index (κ3) is 1.44. The SMILES string of the molecule is COc1ccc(Br)c2ccc(N)cc12. The van der Waals surface area contributed by atoms with Gasteiger partial charge < -0.3 is 10.5 Å². The van der Waals surface area contributed by atoms with E-state index in [2.05, 4.69) is 15.9 Å². The fourth-order valence-electron chi connectivity index (χ4n) is 1.48. The summed E-state index contributed by atoms with van der Waals surface area (Å²) in [6, 6.07) is 9.67. The molecule has 2 nitrogen and oxygen atoms in total. The van der Waals surface area contributed by atoms with Crippen LogP contribution in [-0.2, 0) is 0 Å². The maximum absolute atomic E-state index is 5.73. The van der Waals surface area contributed by atoms with Crippen LogP contribution in [-0.4, -0.2) is 7.11 Å². The van der Waals surface area contributed by atoms with E-state index >= 15 is 0 Å². The van der Waals surface area contributed by atoms with Crippen molar-refractivity contribution in [1.82, 2.24) is 0 Å². The van der Waals surface area contributed by atoms with Crippen LogP contribution in [0.1, 0.15) is 0 Å². The highest BCUT2D eigenvalue weighted by atomic mass is 79.9. The van der Waals surface area contributed by atoms with E-state index in [1.807, 2.05) is 30.3 Å². The van der Waals surface area contributed by atoms with Crippen LogP contribution in [0.25, 0.3) is 10.8 Å². The van der Waals surface area contributed by atoms with Crippen molar-refractivity contribution in [2.24, 2.45) is 0 Å². The van der Waals surface area contributed by atoms with Crippen molar-refractivity contribution >= 4 is 32.4 Å². The van der Waals surface area contributed by atoms with E-state index in [-0.39, 0.29) is 0 Å². The van der Waals surface area contributed by atoms with Crippen LogP contribution in [0.2, 0.25) is 0 Å². The molecule has 0 aromatic heterocycles. The highest BCUT2D eigenvalue weighted by molar-refractivity contribution is 9.10. The van der Waals surface area contributed by atoms with Gasteiger partial charge in [0.05, 0.1) is 7.11 Å². The number of halogens is 1. The molecule has 2 rings (SSSR count). The summed E-state index contributed by atoms with van der Waals surface area (Å²) in [6.45, 7) is 0. The summed E-state index contributed by atoms with van der Waals surface area (Å²) in [4.78, 5) is 0. The number of ether oxygens (including phenoxy) is 1. The van der Waals surface area contributed by atoms with E-state index in [9.17, 15) is 0 Å². The van der Waals surface area contributed by atoms with Crippen molar-refractivity contribution in [3.63, 3.8) is 0 Å². The maximum Gasteiger partial charge on any atom is 0.126 e. The van der Waals surface area contributed by atoms with Gasteiger partial charge in [-0.1, -0.05) is 22.0 Å². The lowest BCUT2D eigenvalue weighted by molar-refractivity contribution is 0.420. The lowest BCUT2D eigenvalue weighted by Gasteiger charge is -2.07. The highest BCUT2D eigenvalue weighted by Gasteiger charge is 2.04. The zero-order valence-corrected chi connectivity index (χ0v) is 9.34. The van der Waals surface area contributed by atoms with Gasteiger partial charge in [-0.3, -0.25) is 0 Å². The molecule has 0 fully saturated rings. The number of nitrogens with two attached hydrogens (primary N) is 1. The van der Waals surface area contributed by atoms with Crippen molar-refractivity contribution in [2.45, 2.75) is 0 Å². The standard InChI is InChI=1S/C11H10BrNO/c1-14-11-5-4-10(12)8-3-2-7(13)6-9(8)11/h2-6H,13H2,1H3. The molecule has 0 heterocycles. The Morgan fingerprint density at radius 2 is 1.93 bits per heavy atom. The van der Waals surface area contributed by atoms with Crippen molar-refractivity contribution in [3.05, 3.63) is 34.8 Å². The molecule has 0 aliphatic heterocycles. The van der Waals surface area contributed by atoms with Gasteiger partial charge in [0.15, 0.2) is 0 Å². The molecule has 72 valence electrons. The second kappa shape index (κ2) is 3.50. The first-order chi connectivity index (χ1) is 6.72. The van der Waals surface area contributed by atoms with Crippen LogP contribution in [0, 0.1) is 0 Å². The predicted octanol–water partition coefficient (Wildman–Crippen LogP) is 3.19. The Bertz CT molecular complexity index is 482. The Balaban J connectivity index is 2.85. The number of hydrogen-bond donors (Lipinski definition) is 1. The summed E-state index contributed by atoms with van der Waals surface area (Å²) < 4.78 is 6.31. The summed E-state index contributed by atoms with van der Waals surface area (Å²) in [6.07, 6.45) is 0. The smallest absolute Gasteiger partial charge is 0.126 e. The molecule has 0 atom stereocenters.